The Kier molecular flexibility index (Phi) is 4.02. The number of allylic oxidation sites excluding steroid dienone is 1. The van der Waals surface area contributed by atoms with E-state index in [0.29, 0.717) is 0 Å². The minimum Gasteiger partial charge on any atom is -0.129 e. The number of hydrogen-bond donors (Lipinski definition) is 0. The van der Waals surface area contributed by atoms with Gasteiger partial charge in [-0.25, -0.2) is 0 Å². The molecule has 0 saturated heterocycles. The van der Waals surface area contributed by atoms with Crippen LogP contribution in [0.5, 0.6) is 0 Å². The summed E-state index contributed by atoms with van der Waals surface area (Å²) in [5.41, 5.74) is 2.38. The Morgan fingerprint density at radius 1 is 1.36 bits per heavy atom. The molecule has 0 amide bonds. The molecule has 1 rings (SSSR count). The number of thioether (sulfide) groups is 1. The van der Waals surface area contributed by atoms with Crippen LogP contribution >= 0.6 is 11.8 Å². The predicted octanol–water partition coefficient (Wildman–Crippen LogP) is 4.16. The maximum atomic E-state index is 4.04. The molecule has 0 aliphatic rings. The molecule has 0 heterocycles. The molecule has 0 aliphatic carbocycles. The van der Waals surface area contributed by atoms with Gasteiger partial charge in [0.2, 0.25) is 0 Å². The molecule has 0 aromatic heterocycles. The maximum Gasteiger partial charge on any atom is 0.0144 e. The predicted molar refractivity (Wildman–Crippen MR) is 66.6 cm³/mol. The Bertz CT molecular complexity index is 339. The van der Waals surface area contributed by atoms with Crippen molar-refractivity contribution in [2.24, 2.45) is 0 Å². The van der Waals surface area contributed by atoms with Gasteiger partial charge in [-0.3, -0.25) is 0 Å². The van der Waals surface area contributed by atoms with Gasteiger partial charge >= 0.3 is 0 Å². The zero-order valence-electron chi connectivity index (χ0n) is 8.49. The van der Waals surface area contributed by atoms with Gasteiger partial charge in [0, 0.05) is 10.8 Å². The van der Waals surface area contributed by atoms with E-state index in [0.717, 1.165) is 0 Å². The fraction of sp³-hybridized carbons (Fsp3) is 0.154. The fourth-order valence-corrected chi connectivity index (χ4v) is 2.04. The monoisotopic (exact) mass is 203 g/mol. The van der Waals surface area contributed by atoms with Crippen molar-refractivity contribution in [2.45, 2.75) is 10.8 Å². The van der Waals surface area contributed by atoms with Crippen LogP contribution in [0.2, 0.25) is 0 Å². The lowest BCUT2D eigenvalue weighted by Crippen LogP contribution is -1.94. The third kappa shape index (κ3) is 2.10. The second-order valence-electron chi connectivity index (χ2n) is 3.01. The van der Waals surface area contributed by atoms with Gasteiger partial charge in [0.1, 0.15) is 0 Å². The molecular formula is C13H15S. The summed E-state index contributed by atoms with van der Waals surface area (Å²) in [6.45, 7) is 11.6. The molecule has 73 valence electrons. The highest BCUT2D eigenvalue weighted by Gasteiger charge is 2.08. The van der Waals surface area contributed by atoms with E-state index in [1.165, 1.54) is 16.0 Å². The Morgan fingerprint density at radius 2 is 2.07 bits per heavy atom. The second kappa shape index (κ2) is 5.06. The van der Waals surface area contributed by atoms with Gasteiger partial charge in [0.15, 0.2) is 0 Å². The highest BCUT2D eigenvalue weighted by molar-refractivity contribution is 7.98. The number of rotatable bonds is 4. The van der Waals surface area contributed by atoms with Crippen LogP contribution in [-0.4, -0.2) is 6.26 Å². The minimum absolute atomic E-state index is 0.134. The first-order chi connectivity index (χ1) is 6.74. The second-order valence-corrected chi connectivity index (χ2v) is 3.86. The molecule has 1 aromatic carbocycles. The van der Waals surface area contributed by atoms with Crippen LogP contribution < -0.4 is 0 Å². The summed E-state index contributed by atoms with van der Waals surface area (Å²) in [5.74, 6) is 0.134. The molecule has 0 saturated carbocycles. The average Bonchev–Trinajstić information content (AvgIpc) is 2.26. The average molecular weight is 203 g/mol. The molecule has 0 spiro atoms. The Balaban J connectivity index is 3.28. The van der Waals surface area contributed by atoms with Crippen molar-refractivity contribution >= 4 is 17.8 Å². The summed E-state index contributed by atoms with van der Waals surface area (Å²) >= 11 is 1.73. The first-order valence-electron chi connectivity index (χ1n) is 4.49. The lowest BCUT2D eigenvalue weighted by atomic mass is 9.96. The van der Waals surface area contributed by atoms with Crippen LogP contribution in [0.25, 0.3) is 6.08 Å². The first kappa shape index (κ1) is 11.1. The third-order valence-corrected chi connectivity index (χ3v) is 3.00. The molecule has 1 unspecified atom stereocenters. The summed E-state index contributed by atoms with van der Waals surface area (Å²) in [6.07, 6.45) is 5.81. The van der Waals surface area contributed by atoms with Crippen molar-refractivity contribution in [1.82, 2.24) is 0 Å². The first-order valence-corrected chi connectivity index (χ1v) is 5.72. The molecule has 14 heavy (non-hydrogen) atoms. The normalized spacial score (nSPS) is 12.1. The summed E-state index contributed by atoms with van der Waals surface area (Å²) in [6, 6.07) is 6.23. The van der Waals surface area contributed by atoms with E-state index >= 15 is 0 Å². The van der Waals surface area contributed by atoms with Crippen molar-refractivity contribution in [2.75, 3.05) is 6.26 Å². The highest BCUT2D eigenvalue weighted by Crippen LogP contribution is 2.29. The molecule has 0 N–H and O–H groups in total. The van der Waals surface area contributed by atoms with E-state index in [1.54, 1.807) is 11.8 Å². The SMILES string of the molecule is [CH2]C(C=C)c1cccc(SC)c1C=C. The summed E-state index contributed by atoms with van der Waals surface area (Å²) < 4.78 is 0. The van der Waals surface area contributed by atoms with Crippen LogP contribution in [0.1, 0.15) is 17.0 Å². The van der Waals surface area contributed by atoms with Crippen LogP contribution in [0, 0.1) is 6.92 Å². The van der Waals surface area contributed by atoms with E-state index in [-0.39, 0.29) is 5.92 Å². The molecule has 0 fully saturated rings. The van der Waals surface area contributed by atoms with Gasteiger partial charge in [-0.05, 0) is 30.4 Å². The number of benzene rings is 1. The smallest absolute Gasteiger partial charge is 0.0144 e. The van der Waals surface area contributed by atoms with E-state index in [1.807, 2.05) is 12.2 Å². The Hall–Kier alpha value is -0.950. The van der Waals surface area contributed by atoms with Gasteiger partial charge in [-0.15, -0.1) is 18.3 Å². The van der Waals surface area contributed by atoms with Crippen molar-refractivity contribution in [3.8, 4) is 0 Å². The summed E-state index contributed by atoms with van der Waals surface area (Å²) in [5, 5.41) is 0. The molecule has 0 aliphatic heterocycles. The van der Waals surface area contributed by atoms with Gasteiger partial charge in [0.25, 0.3) is 0 Å². The topological polar surface area (TPSA) is 0 Å². The van der Waals surface area contributed by atoms with Gasteiger partial charge in [-0.2, -0.15) is 0 Å². The third-order valence-electron chi connectivity index (χ3n) is 2.21. The van der Waals surface area contributed by atoms with Crippen molar-refractivity contribution < 1.29 is 0 Å². The number of hydrogen-bond acceptors (Lipinski definition) is 1. The summed E-state index contributed by atoms with van der Waals surface area (Å²) in [7, 11) is 0. The molecule has 1 atom stereocenters. The van der Waals surface area contributed by atoms with E-state index < -0.39 is 0 Å². The van der Waals surface area contributed by atoms with Crippen molar-refractivity contribution in [3.63, 3.8) is 0 Å². The standard InChI is InChI=1S/C13H15S/c1-5-10(3)12-8-7-9-13(14-4)11(12)6-2/h5-10H,1-3H2,4H3. The zero-order chi connectivity index (χ0) is 10.6. The van der Waals surface area contributed by atoms with Crippen LogP contribution in [0.15, 0.2) is 42.3 Å². The van der Waals surface area contributed by atoms with Crippen LogP contribution in [0.4, 0.5) is 0 Å². The molecular weight excluding hydrogens is 188 g/mol. The van der Waals surface area contributed by atoms with Crippen LogP contribution in [0.3, 0.4) is 0 Å². The molecule has 1 aromatic rings. The van der Waals surface area contributed by atoms with Gasteiger partial charge in [-0.1, -0.05) is 30.9 Å². The van der Waals surface area contributed by atoms with E-state index in [2.05, 4.69) is 44.5 Å². The molecule has 0 nitrogen and oxygen atoms in total. The zero-order valence-corrected chi connectivity index (χ0v) is 9.31. The lowest BCUT2D eigenvalue weighted by molar-refractivity contribution is 1.06. The minimum atomic E-state index is 0.134. The quantitative estimate of drug-likeness (QED) is 0.523. The largest absolute Gasteiger partial charge is 0.129 e. The van der Waals surface area contributed by atoms with Gasteiger partial charge < -0.3 is 0 Å². The highest BCUT2D eigenvalue weighted by atomic mass is 32.2. The summed E-state index contributed by atoms with van der Waals surface area (Å²) in [4.78, 5) is 1.24. The Labute approximate surface area is 90.7 Å². The Morgan fingerprint density at radius 3 is 2.57 bits per heavy atom. The van der Waals surface area contributed by atoms with E-state index in [9.17, 15) is 0 Å². The maximum absolute atomic E-state index is 4.04. The lowest BCUT2D eigenvalue weighted by Gasteiger charge is -2.13. The molecule has 1 radical (unpaired) electrons. The van der Waals surface area contributed by atoms with Gasteiger partial charge in [0.05, 0.1) is 0 Å². The van der Waals surface area contributed by atoms with Crippen molar-refractivity contribution in [3.05, 3.63) is 55.5 Å². The van der Waals surface area contributed by atoms with E-state index in [4.69, 9.17) is 0 Å². The fourth-order valence-electron chi connectivity index (χ4n) is 1.41. The van der Waals surface area contributed by atoms with Crippen LogP contribution in [-0.2, 0) is 0 Å². The molecule has 1 heteroatoms. The molecule has 0 bridgehead atoms. The van der Waals surface area contributed by atoms with Crippen molar-refractivity contribution in [1.29, 1.82) is 0 Å².